The number of hydrogen-bond acceptors (Lipinski definition) is 5. The largest absolute Gasteiger partial charge is 0.497 e. The first-order chi connectivity index (χ1) is 19.5. The maximum atomic E-state index is 15.2. The van der Waals surface area contributed by atoms with E-state index in [2.05, 4.69) is 15.6 Å². The van der Waals surface area contributed by atoms with Crippen molar-refractivity contribution in [1.82, 2.24) is 10.3 Å². The summed E-state index contributed by atoms with van der Waals surface area (Å²) in [5.41, 5.74) is 0.531. The molecule has 0 radical (unpaired) electrons. The van der Waals surface area contributed by atoms with Crippen LogP contribution in [-0.2, 0) is 14.4 Å². The van der Waals surface area contributed by atoms with Crippen LogP contribution in [0.3, 0.4) is 0 Å². The van der Waals surface area contributed by atoms with Crippen LogP contribution in [0.1, 0.15) is 63.0 Å². The molecule has 0 bridgehead atoms. The van der Waals surface area contributed by atoms with Crippen molar-refractivity contribution in [1.29, 1.82) is 0 Å². The molecule has 2 N–H and O–H groups in total. The van der Waals surface area contributed by atoms with Gasteiger partial charge in [0.25, 0.3) is 0 Å². The molecular formula is C31H35FN4O4. The third-order valence-electron chi connectivity index (χ3n) is 7.00. The van der Waals surface area contributed by atoms with Gasteiger partial charge in [-0.05, 0) is 61.2 Å². The van der Waals surface area contributed by atoms with Gasteiger partial charge in [0.15, 0.2) is 0 Å². The maximum absolute atomic E-state index is 15.2. The molecule has 1 saturated carbocycles. The summed E-state index contributed by atoms with van der Waals surface area (Å²) in [5, 5.41) is 5.81. The number of carbonyl (C=O) groups is 3. The van der Waals surface area contributed by atoms with Crippen LogP contribution >= 0.6 is 0 Å². The smallest absolute Gasteiger partial charge is 0.248 e. The van der Waals surface area contributed by atoms with E-state index in [1.54, 1.807) is 61.8 Å². The molecule has 1 aromatic heterocycles. The van der Waals surface area contributed by atoms with Crippen molar-refractivity contribution in [2.75, 3.05) is 17.3 Å². The van der Waals surface area contributed by atoms with E-state index in [4.69, 9.17) is 4.74 Å². The fourth-order valence-corrected chi connectivity index (χ4v) is 4.96. The number of anilines is 2. The molecule has 0 spiro atoms. The molecule has 9 heteroatoms. The van der Waals surface area contributed by atoms with E-state index in [0.717, 1.165) is 32.1 Å². The summed E-state index contributed by atoms with van der Waals surface area (Å²) in [7, 11) is 1.54. The number of rotatable bonds is 11. The Bertz CT molecular complexity index is 1280. The number of pyridine rings is 1. The number of ether oxygens (including phenoxy) is 1. The molecule has 8 nitrogen and oxygen atoms in total. The Kier molecular flexibility index (Phi) is 10.2. The lowest BCUT2D eigenvalue weighted by molar-refractivity contribution is -0.127. The van der Waals surface area contributed by atoms with Crippen LogP contribution in [0.25, 0.3) is 0 Å². The van der Waals surface area contributed by atoms with E-state index < -0.39 is 17.8 Å². The Morgan fingerprint density at radius 3 is 2.38 bits per heavy atom. The van der Waals surface area contributed by atoms with E-state index in [1.807, 2.05) is 0 Å². The summed E-state index contributed by atoms with van der Waals surface area (Å²) in [6, 6.07) is 16.8. The normalized spacial score (nSPS) is 14.2. The minimum Gasteiger partial charge on any atom is -0.497 e. The summed E-state index contributed by atoms with van der Waals surface area (Å²) in [4.78, 5) is 45.4. The number of methoxy groups -OCH3 is 1. The second-order valence-corrected chi connectivity index (χ2v) is 9.85. The first kappa shape index (κ1) is 28.7. The number of carbonyl (C=O) groups excluding carboxylic acids is 3. The molecule has 1 atom stereocenters. The van der Waals surface area contributed by atoms with Crippen molar-refractivity contribution in [3.05, 3.63) is 84.3 Å². The fraction of sp³-hybridized carbons (Fsp3) is 0.355. The van der Waals surface area contributed by atoms with Crippen LogP contribution in [0.5, 0.6) is 5.75 Å². The summed E-state index contributed by atoms with van der Waals surface area (Å²) >= 11 is 0. The Morgan fingerprint density at radius 2 is 1.70 bits per heavy atom. The number of benzene rings is 2. The van der Waals surface area contributed by atoms with E-state index in [-0.39, 0.29) is 42.8 Å². The Balaban J connectivity index is 1.59. The SMILES string of the molecule is COc1ccc([C@H](C(=O)NC2CCCCC2)N(C(=O)CCCC(=O)Nc2ccccn2)c2ccccc2F)cc1. The Hall–Kier alpha value is -4.27. The molecule has 1 aliphatic carbocycles. The predicted molar refractivity (Wildman–Crippen MR) is 151 cm³/mol. The third-order valence-corrected chi connectivity index (χ3v) is 7.00. The molecule has 40 heavy (non-hydrogen) atoms. The molecule has 3 aromatic rings. The van der Waals surface area contributed by atoms with Crippen LogP contribution in [0.15, 0.2) is 72.9 Å². The number of para-hydroxylation sites is 1. The molecule has 0 unspecified atom stereocenters. The molecule has 1 fully saturated rings. The van der Waals surface area contributed by atoms with Gasteiger partial charge in [-0.15, -0.1) is 0 Å². The van der Waals surface area contributed by atoms with Crippen molar-refractivity contribution in [2.45, 2.75) is 63.5 Å². The van der Waals surface area contributed by atoms with Gasteiger partial charge in [0.1, 0.15) is 23.4 Å². The van der Waals surface area contributed by atoms with Gasteiger partial charge in [0, 0.05) is 25.1 Å². The molecular weight excluding hydrogens is 511 g/mol. The number of amides is 3. The molecule has 0 saturated heterocycles. The zero-order chi connectivity index (χ0) is 28.3. The topological polar surface area (TPSA) is 101 Å². The van der Waals surface area contributed by atoms with Crippen molar-refractivity contribution < 1.29 is 23.5 Å². The van der Waals surface area contributed by atoms with Crippen molar-refractivity contribution in [3.63, 3.8) is 0 Å². The second-order valence-electron chi connectivity index (χ2n) is 9.85. The first-order valence-electron chi connectivity index (χ1n) is 13.7. The van der Waals surface area contributed by atoms with Gasteiger partial charge >= 0.3 is 0 Å². The Morgan fingerprint density at radius 1 is 0.975 bits per heavy atom. The van der Waals surface area contributed by atoms with Crippen molar-refractivity contribution in [3.8, 4) is 5.75 Å². The van der Waals surface area contributed by atoms with Crippen molar-refractivity contribution in [2.24, 2.45) is 0 Å². The average Bonchev–Trinajstić information content (AvgIpc) is 2.97. The van der Waals surface area contributed by atoms with Crippen LogP contribution in [-0.4, -0.2) is 35.9 Å². The zero-order valence-corrected chi connectivity index (χ0v) is 22.6. The molecule has 0 aliphatic heterocycles. The first-order valence-corrected chi connectivity index (χ1v) is 13.7. The quantitative estimate of drug-likeness (QED) is 0.328. The van der Waals surface area contributed by atoms with Gasteiger partial charge in [-0.3, -0.25) is 19.3 Å². The van der Waals surface area contributed by atoms with E-state index in [1.165, 1.54) is 23.1 Å². The summed E-state index contributed by atoms with van der Waals surface area (Å²) in [5.74, 6) is -0.723. The van der Waals surface area contributed by atoms with Gasteiger partial charge in [-0.2, -0.15) is 0 Å². The van der Waals surface area contributed by atoms with E-state index in [9.17, 15) is 14.4 Å². The van der Waals surface area contributed by atoms with Crippen LogP contribution in [0.2, 0.25) is 0 Å². The second kappa shape index (κ2) is 14.2. The highest BCUT2D eigenvalue weighted by molar-refractivity contribution is 6.01. The third kappa shape index (κ3) is 7.65. The lowest BCUT2D eigenvalue weighted by atomic mass is 9.94. The number of nitrogens with zero attached hydrogens (tertiary/aromatic N) is 2. The molecule has 2 aromatic carbocycles. The molecule has 1 heterocycles. The number of nitrogens with one attached hydrogen (secondary N) is 2. The van der Waals surface area contributed by atoms with Crippen LogP contribution < -0.4 is 20.3 Å². The van der Waals surface area contributed by atoms with Crippen LogP contribution in [0.4, 0.5) is 15.9 Å². The van der Waals surface area contributed by atoms with E-state index >= 15 is 4.39 Å². The lowest BCUT2D eigenvalue weighted by Crippen LogP contribution is -2.47. The monoisotopic (exact) mass is 546 g/mol. The van der Waals surface area contributed by atoms with E-state index in [0.29, 0.717) is 17.1 Å². The highest BCUT2D eigenvalue weighted by atomic mass is 19.1. The standard InChI is InChI=1S/C31H35FN4O4/c1-40-24-19-17-22(18-20-24)30(31(39)34-23-10-3-2-4-11-23)36(26-13-6-5-12-25(26)32)29(38)16-9-15-28(37)35-27-14-7-8-21-33-27/h5-8,12-14,17-21,23,30H,2-4,9-11,15-16H2,1H3,(H,34,39)(H,33,35,37)/t30-/m1/s1. The molecule has 210 valence electrons. The minimum atomic E-state index is -1.11. The Labute approximate surface area is 233 Å². The van der Waals surface area contributed by atoms with Crippen molar-refractivity contribution >= 4 is 29.2 Å². The summed E-state index contributed by atoms with van der Waals surface area (Å²) in [6.07, 6.45) is 6.68. The van der Waals surface area contributed by atoms with Gasteiger partial charge in [0.05, 0.1) is 12.8 Å². The summed E-state index contributed by atoms with van der Waals surface area (Å²) in [6.45, 7) is 0. The van der Waals surface area contributed by atoms with Gasteiger partial charge in [0.2, 0.25) is 17.7 Å². The average molecular weight is 547 g/mol. The van der Waals surface area contributed by atoms with Gasteiger partial charge in [-0.25, -0.2) is 9.37 Å². The summed E-state index contributed by atoms with van der Waals surface area (Å²) < 4.78 is 20.5. The van der Waals surface area contributed by atoms with Gasteiger partial charge < -0.3 is 15.4 Å². The molecule has 1 aliphatic rings. The van der Waals surface area contributed by atoms with Gasteiger partial charge in [-0.1, -0.05) is 49.6 Å². The fourth-order valence-electron chi connectivity index (χ4n) is 4.96. The zero-order valence-electron chi connectivity index (χ0n) is 22.6. The lowest BCUT2D eigenvalue weighted by Gasteiger charge is -2.33. The number of aromatic nitrogens is 1. The minimum absolute atomic E-state index is 0.00468. The molecule has 3 amide bonds. The number of hydrogen-bond donors (Lipinski definition) is 2. The highest BCUT2D eigenvalue weighted by Gasteiger charge is 2.35. The number of halogens is 1. The predicted octanol–water partition coefficient (Wildman–Crippen LogP) is 5.56. The van der Waals surface area contributed by atoms with Crippen LogP contribution in [0, 0.1) is 5.82 Å². The molecule has 4 rings (SSSR count). The maximum Gasteiger partial charge on any atom is 0.248 e. The highest BCUT2D eigenvalue weighted by Crippen LogP contribution is 2.32.